The SMILES string of the molecule is O=C(O)[C@@H]1CN(C(=O)NCCSc2ccccc2)C[C@H]1C(F)(F)F. The number of carbonyl (C=O) groups is 2. The van der Waals surface area contributed by atoms with Crippen LogP contribution < -0.4 is 5.32 Å². The molecule has 24 heavy (non-hydrogen) atoms. The van der Waals surface area contributed by atoms with Gasteiger partial charge in [-0.15, -0.1) is 11.8 Å². The zero-order chi connectivity index (χ0) is 17.7. The van der Waals surface area contributed by atoms with Crippen molar-refractivity contribution in [1.29, 1.82) is 0 Å². The fraction of sp³-hybridized carbons (Fsp3) is 0.467. The molecule has 1 aromatic carbocycles. The van der Waals surface area contributed by atoms with E-state index in [0.717, 1.165) is 9.80 Å². The van der Waals surface area contributed by atoms with Gasteiger partial charge in [0.15, 0.2) is 0 Å². The molecule has 1 aromatic rings. The molecule has 2 amide bonds. The Hall–Kier alpha value is -1.90. The Labute approximate surface area is 141 Å². The van der Waals surface area contributed by atoms with Crippen LogP contribution >= 0.6 is 11.8 Å². The van der Waals surface area contributed by atoms with Crippen molar-refractivity contribution in [2.45, 2.75) is 11.1 Å². The van der Waals surface area contributed by atoms with Crippen molar-refractivity contribution in [2.24, 2.45) is 11.8 Å². The Kier molecular flexibility index (Phi) is 5.98. The molecule has 0 radical (unpaired) electrons. The molecule has 1 fully saturated rings. The number of aliphatic carboxylic acids is 1. The summed E-state index contributed by atoms with van der Waals surface area (Å²) in [4.78, 5) is 24.9. The molecule has 0 bridgehead atoms. The number of carbonyl (C=O) groups excluding carboxylic acids is 1. The normalized spacial score (nSPS) is 20.9. The maximum absolute atomic E-state index is 12.9. The van der Waals surface area contributed by atoms with E-state index in [1.807, 2.05) is 30.3 Å². The fourth-order valence-corrected chi connectivity index (χ4v) is 3.30. The van der Waals surface area contributed by atoms with Crippen molar-refractivity contribution in [3.63, 3.8) is 0 Å². The lowest BCUT2D eigenvalue weighted by molar-refractivity contribution is -0.187. The molecule has 0 aliphatic carbocycles. The first-order valence-corrected chi connectivity index (χ1v) is 8.27. The molecule has 5 nitrogen and oxygen atoms in total. The molecule has 132 valence electrons. The monoisotopic (exact) mass is 362 g/mol. The van der Waals surface area contributed by atoms with Gasteiger partial charge in [-0.3, -0.25) is 4.79 Å². The molecule has 9 heteroatoms. The minimum atomic E-state index is -4.64. The fourth-order valence-electron chi connectivity index (χ4n) is 2.51. The molecule has 1 aliphatic rings. The summed E-state index contributed by atoms with van der Waals surface area (Å²) >= 11 is 1.51. The summed E-state index contributed by atoms with van der Waals surface area (Å²) < 4.78 is 38.6. The molecule has 0 aromatic heterocycles. The molecule has 1 heterocycles. The van der Waals surface area contributed by atoms with E-state index in [9.17, 15) is 22.8 Å². The van der Waals surface area contributed by atoms with Gasteiger partial charge in [-0.25, -0.2) is 4.79 Å². The van der Waals surface area contributed by atoms with E-state index in [4.69, 9.17) is 5.11 Å². The van der Waals surface area contributed by atoms with Crippen LogP contribution in [-0.2, 0) is 4.79 Å². The third-order valence-electron chi connectivity index (χ3n) is 3.73. The molecule has 2 atom stereocenters. The number of carboxylic acids is 1. The zero-order valence-electron chi connectivity index (χ0n) is 12.6. The van der Waals surface area contributed by atoms with Crippen LogP contribution in [0, 0.1) is 11.8 Å². The number of rotatable bonds is 5. The molecular formula is C15H17F3N2O3S. The van der Waals surface area contributed by atoms with Gasteiger partial charge in [-0.05, 0) is 12.1 Å². The minimum Gasteiger partial charge on any atom is -0.481 e. The number of thioether (sulfide) groups is 1. The molecule has 0 saturated carbocycles. The average molecular weight is 362 g/mol. The highest BCUT2D eigenvalue weighted by atomic mass is 32.2. The van der Waals surface area contributed by atoms with E-state index in [1.54, 1.807) is 0 Å². The standard InChI is InChI=1S/C15H17F3N2O3S/c16-15(17,18)12-9-20(8-11(12)13(21)22)14(23)19-6-7-24-10-4-2-1-3-5-10/h1-5,11-12H,6-9H2,(H,19,23)(H,21,22)/t11-,12-/m1/s1. The largest absolute Gasteiger partial charge is 0.481 e. The van der Waals surface area contributed by atoms with Gasteiger partial charge in [0.25, 0.3) is 0 Å². The summed E-state index contributed by atoms with van der Waals surface area (Å²) in [5.41, 5.74) is 0. The van der Waals surface area contributed by atoms with Crippen molar-refractivity contribution in [2.75, 3.05) is 25.4 Å². The first-order valence-electron chi connectivity index (χ1n) is 7.29. The smallest absolute Gasteiger partial charge is 0.394 e. The van der Waals surface area contributed by atoms with Gasteiger partial charge in [0, 0.05) is 30.3 Å². The minimum absolute atomic E-state index is 0.281. The first-order chi connectivity index (χ1) is 11.3. The average Bonchev–Trinajstić information content (AvgIpc) is 2.98. The predicted molar refractivity (Wildman–Crippen MR) is 82.8 cm³/mol. The van der Waals surface area contributed by atoms with Crippen LogP contribution in [0.4, 0.5) is 18.0 Å². The maximum atomic E-state index is 12.9. The highest BCUT2D eigenvalue weighted by Gasteiger charge is 2.53. The van der Waals surface area contributed by atoms with E-state index in [0.29, 0.717) is 5.75 Å². The van der Waals surface area contributed by atoms with E-state index in [-0.39, 0.29) is 6.54 Å². The van der Waals surface area contributed by atoms with Crippen LogP contribution in [0.5, 0.6) is 0 Å². The Morgan fingerprint density at radius 3 is 2.46 bits per heavy atom. The number of nitrogens with zero attached hydrogens (tertiary/aromatic N) is 1. The summed E-state index contributed by atoms with van der Waals surface area (Å²) in [7, 11) is 0. The van der Waals surface area contributed by atoms with Gasteiger partial charge in [0.1, 0.15) is 0 Å². The first kappa shape index (κ1) is 18.4. The highest BCUT2D eigenvalue weighted by molar-refractivity contribution is 7.99. The van der Waals surface area contributed by atoms with E-state index in [2.05, 4.69) is 5.32 Å². The van der Waals surface area contributed by atoms with E-state index < -0.39 is 43.1 Å². The van der Waals surface area contributed by atoms with Gasteiger partial charge in [-0.2, -0.15) is 13.2 Å². The van der Waals surface area contributed by atoms with Gasteiger partial charge in [-0.1, -0.05) is 18.2 Å². The number of alkyl halides is 3. The van der Waals surface area contributed by atoms with E-state index in [1.165, 1.54) is 11.8 Å². The van der Waals surface area contributed by atoms with Crippen LogP contribution in [0.1, 0.15) is 0 Å². The Morgan fingerprint density at radius 1 is 1.25 bits per heavy atom. The molecule has 1 saturated heterocycles. The molecular weight excluding hydrogens is 345 g/mol. The van der Waals surface area contributed by atoms with Gasteiger partial charge >= 0.3 is 18.2 Å². The number of urea groups is 1. The molecule has 0 spiro atoms. The zero-order valence-corrected chi connectivity index (χ0v) is 13.4. The third kappa shape index (κ3) is 4.80. The topological polar surface area (TPSA) is 69.6 Å². The van der Waals surface area contributed by atoms with Gasteiger partial charge in [0.05, 0.1) is 11.8 Å². The maximum Gasteiger partial charge on any atom is 0.394 e. The van der Waals surface area contributed by atoms with Crippen LogP contribution in [0.25, 0.3) is 0 Å². The lowest BCUT2D eigenvalue weighted by Crippen LogP contribution is -2.40. The number of carboxylic acid groups (broad SMARTS) is 1. The molecule has 2 rings (SSSR count). The van der Waals surface area contributed by atoms with Crippen LogP contribution in [-0.4, -0.2) is 53.6 Å². The summed E-state index contributed by atoms with van der Waals surface area (Å²) in [6, 6.07) is 8.82. The number of benzene rings is 1. The number of halogens is 3. The molecule has 1 aliphatic heterocycles. The summed E-state index contributed by atoms with van der Waals surface area (Å²) in [6.07, 6.45) is -4.64. The summed E-state index contributed by atoms with van der Waals surface area (Å²) in [5, 5.41) is 11.5. The predicted octanol–water partition coefficient (Wildman–Crippen LogP) is 2.68. The second-order valence-electron chi connectivity index (χ2n) is 5.39. The van der Waals surface area contributed by atoms with Crippen molar-refractivity contribution in [3.8, 4) is 0 Å². The number of nitrogens with one attached hydrogen (secondary N) is 1. The van der Waals surface area contributed by atoms with Crippen molar-refractivity contribution in [1.82, 2.24) is 10.2 Å². The van der Waals surface area contributed by atoms with Gasteiger partial charge in [0.2, 0.25) is 0 Å². The van der Waals surface area contributed by atoms with Crippen molar-refractivity contribution in [3.05, 3.63) is 30.3 Å². The second-order valence-corrected chi connectivity index (χ2v) is 6.56. The van der Waals surface area contributed by atoms with Crippen molar-refractivity contribution >= 4 is 23.8 Å². The lowest BCUT2D eigenvalue weighted by atomic mass is 9.96. The third-order valence-corrected chi connectivity index (χ3v) is 4.75. The Morgan fingerprint density at radius 2 is 1.92 bits per heavy atom. The van der Waals surface area contributed by atoms with E-state index >= 15 is 0 Å². The molecule has 0 unspecified atom stereocenters. The molecule has 2 N–H and O–H groups in total. The van der Waals surface area contributed by atoms with Gasteiger partial charge < -0.3 is 15.3 Å². The Bertz CT molecular complexity index is 583. The second kappa shape index (κ2) is 7.78. The summed E-state index contributed by atoms with van der Waals surface area (Å²) in [5.74, 6) is -4.62. The van der Waals surface area contributed by atoms with Crippen molar-refractivity contribution < 1.29 is 27.9 Å². The Balaban J connectivity index is 1.81. The van der Waals surface area contributed by atoms with Crippen LogP contribution in [0.2, 0.25) is 0 Å². The number of amides is 2. The highest BCUT2D eigenvalue weighted by Crippen LogP contribution is 2.37. The van der Waals surface area contributed by atoms with Crippen LogP contribution in [0.15, 0.2) is 35.2 Å². The number of likely N-dealkylation sites (tertiary alicyclic amines) is 1. The number of hydrogen-bond acceptors (Lipinski definition) is 3. The quantitative estimate of drug-likeness (QED) is 0.624. The number of hydrogen-bond donors (Lipinski definition) is 2. The summed E-state index contributed by atoms with van der Waals surface area (Å²) in [6.45, 7) is -0.779. The van der Waals surface area contributed by atoms with Crippen LogP contribution in [0.3, 0.4) is 0 Å². The lowest BCUT2D eigenvalue weighted by Gasteiger charge is -2.18.